The Morgan fingerprint density at radius 2 is 1.93 bits per heavy atom. The third kappa shape index (κ3) is 1.76. The molecular formula is C8H12N6O. The lowest BCUT2D eigenvalue weighted by Crippen LogP contribution is -2.39. The number of hydrogen-bond acceptors (Lipinski definition) is 6. The molecule has 0 spiro atoms. The van der Waals surface area contributed by atoms with Crippen LogP contribution in [0.5, 0.6) is 0 Å². The van der Waals surface area contributed by atoms with Crippen molar-refractivity contribution in [3.63, 3.8) is 0 Å². The molecule has 7 heteroatoms. The fourth-order valence-corrected chi connectivity index (χ4v) is 1.40. The molecule has 2 heterocycles. The zero-order valence-electron chi connectivity index (χ0n) is 8.13. The molecule has 0 radical (unpaired) electrons. The van der Waals surface area contributed by atoms with Gasteiger partial charge in [-0.15, -0.1) is 0 Å². The number of nitrogens with zero attached hydrogens (tertiary/aromatic N) is 4. The minimum Gasteiger partial charge on any atom is -0.762 e. The molecule has 0 aromatic carbocycles. The van der Waals surface area contributed by atoms with Crippen molar-refractivity contribution in [2.75, 3.05) is 29.5 Å². The molecule has 80 valence electrons. The molecule has 0 aliphatic carbocycles. The second-order valence-corrected chi connectivity index (χ2v) is 3.24. The lowest BCUT2D eigenvalue weighted by Gasteiger charge is -2.21. The standard InChI is InChI=1S/C8H12N6O/c9-6-11-8(12-7(10)14(6)15)13-4-2-1-3-5-13/h1-2H,3-5H2,(H4,9,10,11,12). The molecule has 0 saturated heterocycles. The summed E-state index contributed by atoms with van der Waals surface area (Å²) in [6, 6.07) is 0. The Balaban J connectivity index is 2.32. The van der Waals surface area contributed by atoms with Gasteiger partial charge in [0.2, 0.25) is 0 Å². The fraction of sp³-hybridized carbons (Fsp3) is 0.375. The van der Waals surface area contributed by atoms with Gasteiger partial charge < -0.3 is 21.6 Å². The van der Waals surface area contributed by atoms with Crippen LogP contribution in [0, 0.1) is 5.21 Å². The van der Waals surface area contributed by atoms with E-state index in [-0.39, 0.29) is 11.9 Å². The van der Waals surface area contributed by atoms with E-state index in [4.69, 9.17) is 11.5 Å². The first-order valence-electron chi connectivity index (χ1n) is 4.61. The highest BCUT2D eigenvalue weighted by molar-refractivity contribution is 5.37. The van der Waals surface area contributed by atoms with Crippen LogP contribution in [0.2, 0.25) is 0 Å². The van der Waals surface area contributed by atoms with Gasteiger partial charge in [-0.05, 0) is 6.42 Å². The summed E-state index contributed by atoms with van der Waals surface area (Å²) in [4.78, 5) is 9.68. The summed E-state index contributed by atoms with van der Waals surface area (Å²) in [5, 5.41) is 11.1. The highest BCUT2D eigenvalue weighted by Gasteiger charge is 2.17. The van der Waals surface area contributed by atoms with Crippen molar-refractivity contribution in [2.24, 2.45) is 0 Å². The lowest BCUT2D eigenvalue weighted by molar-refractivity contribution is -0.579. The van der Waals surface area contributed by atoms with Crippen LogP contribution in [0.15, 0.2) is 12.2 Å². The Hall–Kier alpha value is -2.05. The van der Waals surface area contributed by atoms with Gasteiger partial charge in [0.05, 0.1) is 0 Å². The van der Waals surface area contributed by atoms with E-state index >= 15 is 0 Å². The predicted molar refractivity (Wildman–Crippen MR) is 55.8 cm³/mol. The Morgan fingerprint density at radius 1 is 1.27 bits per heavy atom. The molecule has 0 atom stereocenters. The minimum absolute atomic E-state index is 0.174. The van der Waals surface area contributed by atoms with Gasteiger partial charge >= 0.3 is 17.8 Å². The largest absolute Gasteiger partial charge is 0.762 e. The van der Waals surface area contributed by atoms with E-state index < -0.39 is 0 Å². The summed E-state index contributed by atoms with van der Waals surface area (Å²) in [7, 11) is 0. The van der Waals surface area contributed by atoms with E-state index in [0.29, 0.717) is 17.2 Å². The SMILES string of the molecule is Nc1nc(N2CC=CCC2)nc(N)[n+]1[O-]. The summed E-state index contributed by atoms with van der Waals surface area (Å²) >= 11 is 0. The average Bonchev–Trinajstić information content (AvgIpc) is 2.26. The molecule has 0 fully saturated rings. The molecule has 1 aromatic heterocycles. The summed E-state index contributed by atoms with van der Waals surface area (Å²) in [6.45, 7) is 1.51. The molecule has 4 N–H and O–H groups in total. The van der Waals surface area contributed by atoms with Crippen molar-refractivity contribution in [3.05, 3.63) is 17.4 Å². The molecule has 1 aliphatic rings. The average molecular weight is 208 g/mol. The highest BCUT2D eigenvalue weighted by Crippen LogP contribution is 2.12. The third-order valence-corrected chi connectivity index (χ3v) is 2.19. The fourth-order valence-electron chi connectivity index (χ4n) is 1.40. The maximum Gasteiger partial charge on any atom is 0.323 e. The first-order chi connectivity index (χ1) is 7.18. The van der Waals surface area contributed by atoms with Crippen LogP contribution in [0.1, 0.15) is 6.42 Å². The summed E-state index contributed by atoms with van der Waals surface area (Å²) in [5.41, 5.74) is 10.8. The van der Waals surface area contributed by atoms with Crippen LogP contribution in [0.4, 0.5) is 17.8 Å². The number of nitrogens with two attached hydrogens (primary N) is 2. The van der Waals surface area contributed by atoms with Gasteiger partial charge in [0, 0.05) is 13.1 Å². The molecule has 7 nitrogen and oxygen atoms in total. The monoisotopic (exact) mass is 208 g/mol. The van der Waals surface area contributed by atoms with Gasteiger partial charge in [0.25, 0.3) is 0 Å². The number of rotatable bonds is 1. The molecule has 0 amide bonds. The molecule has 15 heavy (non-hydrogen) atoms. The maximum absolute atomic E-state index is 11.1. The molecule has 0 unspecified atom stereocenters. The molecule has 1 aliphatic heterocycles. The van der Waals surface area contributed by atoms with E-state index in [0.717, 1.165) is 13.0 Å². The van der Waals surface area contributed by atoms with Crippen LogP contribution in [-0.4, -0.2) is 23.1 Å². The first kappa shape index (κ1) is 9.50. The van der Waals surface area contributed by atoms with Gasteiger partial charge in [-0.25, -0.2) is 4.73 Å². The predicted octanol–water partition coefficient (Wildman–Crippen LogP) is -0.959. The van der Waals surface area contributed by atoms with Crippen LogP contribution in [0.3, 0.4) is 0 Å². The summed E-state index contributed by atoms with van der Waals surface area (Å²) in [5.74, 6) is 0.0561. The number of anilines is 3. The molecule has 1 aromatic rings. The van der Waals surface area contributed by atoms with Crippen molar-refractivity contribution in [1.29, 1.82) is 0 Å². The van der Waals surface area contributed by atoms with Gasteiger partial charge in [-0.2, -0.15) is 0 Å². The van der Waals surface area contributed by atoms with Crippen LogP contribution < -0.4 is 21.1 Å². The van der Waals surface area contributed by atoms with Crippen LogP contribution in [-0.2, 0) is 0 Å². The molecule has 0 saturated carbocycles. The smallest absolute Gasteiger partial charge is 0.323 e. The summed E-state index contributed by atoms with van der Waals surface area (Å²) in [6.07, 6.45) is 5.02. The zero-order valence-corrected chi connectivity index (χ0v) is 8.13. The van der Waals surface area contributed by atoms with Crippen molar-refractivity contribution in [2.45, 2.75) is 6.42 Å². The van der Waals surface area contributed by atoms with Crippen LogP contribution in [0.25, 0.3) is 0 Å². The Labute approximate surface area is 86.6 Å². The van der Waals surface area contributed by atoms with Gasteiger partial charge in [-0.1, -0.05) is 22.1 Å². The van der Waals surface area contributed by atoms with Gasteiger partial charge in [0.15, 0.2) is 0 Å². The van der Waals surface area contributed by atoms with Crippen molar-refractivity contribution in [1.82, 2.24) is 9.97 Å². The number of hydrogen-bond donors (Lipinski definition) is 2. The van der Waals surface area contributed by atoms with E-state index in [1.165, 1.54) is 0 Å². The van der Waals surface area contributed by atoms with Crippen LogP contribution >= 0.6 is 0 Å². The Bertz CT molecular complexity index is 381. The zero-order chi connectivity index (χ0) is 10.8. The second kappa shape index (κ2) is 3.60. The minimum atomic E-state index is -0.174. The number of aromatic nitrogens is 3. The lowest BCUT2D eigenvalue weighted by atomic mass is 10.3. The molecule has 2 rings (SSSR count). The topological polar surface area (TPSA) is 108 Å². The first-order valence-corrected chi connectivity index (χ1v) is 4.61. The summed E-state index contributed by atoms with van der Waals surface area (Å²) < 4.78 is 0.309. The van der Waals surface area contributed by atoms with E-state index in [1.807, 2.05) is 11.0 Å². The third-order valence-electron chi connectivity index (χ3n) is 2.19. The highest BCUT2D eigenvalue weighted by atomic mass is 16.5. The molecular weight excluding hydrogens is 196 g/mol. The van der Waals surface area contributed by atoms with E-state index in [1.54, 1.807) is 0 Å². The second-order valence-electron chi connectivity index (χ2n) is 3.24. The Morgan fingerprint density at radius 3 is 2.47 bits per heavy atom. The normalized spacial score (nSPS) is 15.6. The maximum atomic E-state index is 11.1. The molecule has 0 bridgehead atoms. The van der Waals surface area contributed by atoms with E-state index in [9.17, 15) is 5.21 Å². The van der Waals surface area contributed by atoms with E-state index in [2.05, 4.69) is 16.0 Å². The van der Waals surface area contributed by atoms with Crippen molar-refractivity contribution >= 4 is 17.8 Å². The van der Waals surface area contributed by atoms with Gasteiger partial charge in [0.1, 0.15) is 0 Å². The van der Waals surface area contributed by atoms with Crippen molar-refractivity contribution in [3.8, 4) is 0 Å². The quantitative estimate of drug-likeness (QED) is 0.349. The Kier molecular flexibility index (Phi) is 2.28. The number of nitrogen functional groups attached to an aromatic ring is 2. The van der Waals surface area contributed by atoms with Crippen molar-refractivity contribution < 1.29 is 4.73 Å². The van der Waals surface area contributed by atoms with Gasteiger partial charge in [-0.3, -0.25) is 0 Å².